The van der Waals surface area contributed by atoms with Crippen LogP contribution in [-0.4, -0.2) is 6.10 Å². The number of rotatable bonds is 6. The van der Waals surface area contributed by atoms with E-state index in [1.54, 1.807) is 6.07 Å². The van der Waals surface area contributed by atoms with Crippen molar-refractivity contribution in [1.29, 1.82) is 0 Å². The molecule has 0 unspecified atom stereocenters. The summed E-state index contributed by atoms with van der Waals surface area (Å²) in [5.74, 6) is 0.699. The molecule has 0 aromatic heterocycles. The highest BCUT2D eigenvalue weighted by Crippen LogP contribution is 2.21. The zero-order chi connectivity index (χ0) is 15.2. The lowest BCUT2D eigenvalue weighted by Gasteiger charge is -2.18. The third kappa shape index (κ3) is 4.30. The van der Waals surface area contributed by atoms with Crippen molar-refractivity contribution in [3.63, 3.8) is 0 Å². The number of hydrogen-bond donors (Lipinski definition) is 1. The van der Waals surface area contributed by atoms with Crippen LogP contribution in [0.15, 0.2) is 48.5 Å². The lowest BCUT2D eigenvalue weighted by molar-refractivity contribution is 0.239. The quantitative estimate of drug-likeness (QED) is 0.846. The summed E-state index contributed by atoms with van der Waals surface area (Å²) in [7, 11) is 0. The van der Waals surface area contributed by atoms with Gasteiger partial charge in [0.2, 0.25) is 0 Å². The highest BCUT2D eigenvalue weighted by Gasteiger charge is 2.11. The zero-order valence-electron chi connectivity index (χ0n) is 12.8. The van der Waals surface area contributed by atoms with Crippen LogP contribution in [0.25, 0.3) is 0 Å². The Morgan fingerprint density at radius 2 is 1.67 bits per heavy atom. The largest absolute Gasteiger partial charge is 0.491 e. The van der Waals surface area contributed by atoms with E-state index in [2.05, 4.69) is 5.32 Å². The minimum atomic E-state index is -0.177. The molecule has 0 heterocycles. The van der Waals surface area contributed by atoms with E-state index in [1.165, 1.54) is 6.07 Å². The predicted octanol–water partition coefficient (Wildman–Crippen LogP) is 4.46. The van der Waals surface area contributed by atoms with E-state index < -0.39 is 0 Å². The third-order valence-corrected chi connectivity index (χ3v) is 3.31. The summed E-state index contributed by atoms with van der Waals surface area (Å²) in [4.78, 5) is 0. The fourth-order valence-electron chi connectivity index (χ4n) is 2.22. The van der Waals surface area contributed by atoms with Crippen LogP contribution in [0.1, 0.15) is 37.9 Å². The monoisotopic (exact) mass is 287 g/mol. The Labute approximate surface area is 126 Å². The van der Waals surface area contributed by atoms with Gasteiger partial charge in [0, 0.05) is 23.7 Å². The summed E-state index contributed by atoms with van der Waals surface area (Å²) in [6, 6.07) is 14.7. The van der Waals surface area contributed by atoms with Gasteiger partial charge in [0.25, 0.3) is 0 Å². The maximum absolute atomic E-state index is 13.8. The molecule has 0 radical (unpaired) electrons. The van der Waals surface area contributed by atoms with Crippen molar-refractivity contribution in [3.05, 3.63) is 65.5 Å². The Balaban J connectivity index is 2.05. The van der Waals surface area contributed by atoms with E-state index in [1.807, 2.05) is 57.2 Å². The summed E-state index contributed by atoms with van der Waals surface area (Å²) in [5.41, 5.74) is 1.76. The van der Waals surface area contributed by atoms with E-state index in [-0.39, 0.29) is 18.0 Å². The number of hydrogen-bond acceptors (Lipinski definition) is 2. The van der Waals surface area contributed by atoms with Gasteiger partial charge in [-0.05, 0) is 32.9 Å². The van der Waals surface area contributed by atoms with Gasteiger partial charge in [0.15, 0.2) is 0 Å². The summed E-state index contributed by atoms with van der Waals surface area (Å²) in [6.07, 6.45) is 0.134. The highest BCUT2D eigenvalue weighted by molar-refractivity contribution is 5.33. The van der Waals surface area contributed by atoms with Crippen molar-refractivity contribution in [2.75, 3.05) is 0 Å². The van der Waals surface area contributed by atoms with Gasteiger partial charge in [0.1, 0.15) is 11.6 Å². The van der Waals surface area contributed by atoms with Crippen LogP contribution in [0.3, 0.4) is 0 Å². The minimum absolute atomic E-state index is 0.0571. The molecule has 0 saturated carbocycles. The second kappa shape index (κ2) is 7.23. The molecular weight excluding hydrogens is 265 g/mol. The van der Waals surface area contributed by atoms with Gasteiger partial charge in [-0.15, -0.1) is 0 Å². The number of benzene rings is 2. The Bertz CT molecular complexity index is 583. The lowest BCUT2D eigenvalue weighted by Crippen LogP contribution is -2.20. The SMILES string of the molecule is CC(C)Oc1ccccc1CN[C@H](C)c1ccccc1F. The molecule has 0 amide bonds. The molecular formula is C18H22FNO. The van der Waals surface area contributed by atoms with E-state index in [0.717, 1.165) is 11.3 Å². The molecule has 2 aromatic carbocycles. The first-order chi connectivity index (χ1) is 10.1. The highest BCUT2D eigenvalue weighted by atomic mass is 19.1. The molecule has 0 aliphatic carbocycles. The second-order valence-electron chi connectivity index (χ2n) is 5.40. The summed E-state index contributed by atoms with van der Waals surface area (Å²) in [5, 5.41) is 3.35. The van der Waals surface area contributed by atoms with Gasteiger partial charge in [-0.25, -0.2) is 4.39 Å². The molecule has 3 heteroatoms. The predicted molar refractivity (Wildman–Crippen MR) is 83.9 cm³/mol. The second-order valence-corrected chi connectivity index (χ2v) is 5.40. The van der Waals surface area contributed by atoms with E-state index in [4.69, 9.17) is 4.74 Å². The maximum Gasteiger partial charge on any atom is 0.127 e. The summed E-state index contributed by atoms with van der Waals surface area (Å²) in [6.45, 7) is 6.61. The van der Waals surface area contributed by atoms with Crippen molar-refractivity contribution in [2.24, 2.45) is 0 Å². The molecule has 2 rings (SSSR count). The molecule has 2 nitrogen and oxygen atoms in total. The molecule has 1 N–H and O–H groups in total. The number of nitrogens with one attached hydrogen (secondary N) is 1. The molecule has 2 aromatic rings. The average Bonchev–Trinajstić information content (AvgIpc) is 2.46. The summed E-state index contributed by atoms with van der Waals surface area (Å²) >= 11 is 0. The Kier molecular flexibility index (Phi) is 5.34. The fourth-order valence-corrected chi connectivity index (χ4v) is 2.22. The smallest absolute Gasteiger partial charge is 0.127 e. The molecule has 0 bridgehead atoms. The first-order valence-corrected chi connectivity index (χ1v) is 7.30. The average molecular weight is 287 g/mol. The van der Waals surface area contributed by atoms with Crippen LogP contribution in [0.5, 0.6) is 5.75 Å². The van der Waals surface area contributed by atoms with Crippen molar-refractivity contribution in [1.82, 2.24) is 5.32 Å². The van der Waals surface area contributed by atoms with Gasteiger partial charge in [0.05, 0.1) is 6.10 Å². The minimum Gasteiger partial charge on any atom is -0.491 e. The zero-order valence-corrected chi connectivity index (χ0v) is 12.8. The maximum atomic E-state index is 13.8. The topological polar surface area (TPSA) is 21.3 Å². The van der Waals surface area contributed by atoms with Gasteiger partial charge >= 0.3 is 0 Å². The van der Waals surface area contributed by atoms with Crippen LogP contribution < -0.4 is 10.1 Å². The van der Waals surface area contributed by atoms with Crippen LogP contribution >= 0.6 is 0 Å². The third-order valence-electron chi connectivity index (χ3n) is 3.31. The fraction of sp³-hybridized carbons (Fsp3) is 0.333. The van der Waals surface area contributed by atoms with Gasteiger partial charge in [-0.1, -0.05) is 36.4 Å². The van der Waals surface area contributed by atoms with Crippen molar-refractivity contribution < 1.29 is 9.13 Å². The van der Waals surface area contributed by atoms with Gasteiger partial charge < -0.3 is 10.1 Å². The Morgan fingerprint density at radius 3 is 2.38 bits per heavy atom. The normalized spacial score (nSPS) is 12.4. The Morgan fingerprint density at radius 1 is 1.00 bits per heavy atom. The Hall–Kier alpha value is -1.87. The molecule has 112 valence electrons. The molecule has 1 atom stereocenters. The number of ether oxygens (including phenoxy) is 1. The van der Waals surface area contributed by atoms with Crippen molar-refractivity contribution in [2.45, 2.75) is 39.5 Å². The molecule has 0 aliphatic heterocycles. The molecule has 0 aliphatic rings. The van der Waals surface area contributed by atoms with E-state index >= 15 is 0 Å². The van der Waals surface area contributed by atoms with Gasteiger partial charge in [-0.2, -0.15) is 0 Å². The van der Waals surface area contributed by atoms with Crippen LogP contribution in [-0.2, 0) is 6.54 Å². The number of halogens is 1. The van der Waals surface area contributed by atoms with Crippen molar-refractivity contribution in [3.8, 4) is 5.75 Å². The molecule has 0 saturated heterocycles. The standard InChI is InChI=1S/C18H22FNO/c1-13(2)21-18-11-7-4-8-15(18)12-20-14(3)16-9-5-6-10-17(16)19/h4-11,13-14,20H,12H2,1-3H3/t14-/m1/s1. The lowest BCUT2D eigenvalue weighted by atomic mass is 10.1. The van der Waals surface area contributed by atoms with Crippen LogP contribution in [0, 0.1) is 5.82 Å². The van der Waals surface area contributed by atoms with Gasteiger partial charge in [-0.3, -0.25) is 0 Å². The molecule has 21 heavy (non-hydrogen) atoms. The first kappa shape index (κ1) is 15.5. The van der Waals surface area contributed by atoms with Crippen molar-refractivity contribution >= 4 is 0 Å². The van der Waals surface area contributed by atoms with Crippen LogP contribution in [0.4, 0.5) is 4.39 Å². The molecule has 0 fully saturated rings. The van der Waals surface area contributed by atoms with E-state index in [0.29, 0.717) is 12.1 Å². The number of para-hydroxylation sites is 1. The first-order valence-electron chi connectivity index (χ1n) is 7.30. The molecule has 0 spiro atoms. The summed E-state index contributed by atoms with van der Waals surface area (Å²) < 4.78 is 19.5. The van der Waals surface area contributed by atoms with E-state index in [9.17, 15) is 4.39 Å². The van der Waals surface area contributed by atoms with Crippen LogP contribution in [0.2, 0.25) is 0 Å².